The maximum Gasteiger partial charge on any atom is 0.373 e. The zero-order chi connectivity index (χ0) is 20.6. The predicted molar refractivity (Wildman–Crippen MR) is 96.6 cm³/mol. The molecule has 1 aliphatic carbocycles. The number of halogens is 2. The Morgan fingerprint density at radius 2 is 1.75 bits per heavy atom. The summed E-state index contributed by atoms with van der Waals surface area (Å²) in [4.78, 5) is 25.0. The summed E-state index contributed by atoms with van der Waals surface area (Å²) in [6.07, 6.45) is 0.360. The first kappa shape index (κ1) is 19.9. The highest BCUT2D eigenvalue weighted by molar-refractivity contribution is 7.92. The molecule has 0 N–H and O–H groups in total. The van der Waals surface area contributed by atoms with Crippen molar-refractivity contribution in [1.82, 2.24) is 0 Å². The van der Waals surface area contributed by atoms with Crippen LogP contribution in [-0.2, 0) is 25.8 Å². The Hall–Kier alpha value is -2.87. The number of esters is 1. The van der Waals surface area contributed by atoms with Crippen LogP contribution in [-0.4, -0.2) is 32.0 Å². The van der Waals surface area contributed by atoms with Gasteiger partial charge in [-0.2, -0.15) is 8.78 Å². The van der Waals surface area contributed by atoms with Crippen LogP contribution < -0.4 is 0 Å². The molecule has 0 bridgehead atoms. The van der Waals surface area contributed by atoms with E-state index in [1.165, 1.54) is 42.5 Å². The number of sulfone groups is 1. The molecule has 8 heteroatoms. The number of hydrogen-bond acceptors (Lipinski definition) is 5. The molecule has 1 aliphatic rings. The van der Waals surface area contributed by atoms with E-state index < -0.39 is 50.2 Å². The maximum atomic E-state index is 15.6. The molecule has 1 atom stereocenters. The number of alkyl halides is 2. The molecule has 1 unspecified atom stereocenters. The van der Waals surface area contributed by atoms with Crippen molar-refractivity contribution in [2.45, 2.75) is 16.6 Å². The molecule has 146 valence electrons. The molecule has 0 spiro atoms. The second-order valence-corrected chi connectivity index (χ2v) is 8.28. The van der Waals surface area contributed by atoms with E-state index in [1.807, 2.05) is 0 Å². The first-order chi connectivity index (χ1) is 13.2. The standard InChI is InChI=1S/C20H16F2O5S/c1-2-12-27-18(24)19(13-14-8-6-7-11-16(14)17(19)23)20(21,22)28(25,26)15-9-4-3-5-10-15/h2-11H,1,12-13H2. The van der Waals surface area contributed by atoms with Gasteiger partial charge in [-0.25, -0.2) is 8.42 Å². The van der Waals surface area contributed by atoms with E-state index in [0.717, 1.165) is 18.2 Å². The van der Waals surface area contributed by atoms with Crippen LogP contribution in [0, 0.1) is 5.41 Å². The van der Waals surface area contributed by atoms with E-state index >= 15 is 8.78 Å². The first-order valence-corrected chi connectivity index (χ1v) is 9.77. The second kappa shape index (κ2) is 6.94. The van der Waals surface area contributed by atoms with Crippen molar-refractivity contribution in [3.8, 4) is 0 Å². The van der Waals surface area contributed by atoms with Gasteiger partial charge in [-0.15, -0.1) is 0 Å². The molecule has 2 aromatic rings. The minimum atomic E-state index is -5.38. The van der Waals surface area contributed by atoms with Gasteiger partial charge in [0.25, 0.3) is 0 Å². The van der Waals surface area contributed by atoms with E-state index in [-0.39, 0.29) is 11.1 Å². The molecule has 5 nitrogen and oxygen atoms in total. The van der Waals surface area contributed by atoms with Gasteiger partial charge in [0.1, 0.15) is 6.61 Å². The van der Waals surface area contributed by atoms with Gasteiger partial charge in [-0.05, 0) is 17.7 Å². The molecule has 28 heavy (non-hydrogen) atoms. The Bertz CT molecular complexity index is 1050. The van der Waals surface area contributed by atoms with Gasteiger partial charge < -0.3 is 4.74 Å². The summed E-state index contributed by atoms with van der Waals surface area (Å²) < 4.78 is 61.6. The quantitative estimate of drug-likeness (QED) is 0.418. The van der Waals surface area contributed by atoms with Gasteiger partial charge >= 0.3 is 11.2 Å². The minimum absolute atomic E-state index is 0.124. The molecule has 3 rings (SSSR count). The molecule has 0 saturated heterocycles. The summed E-state index contributed by atoms with van der Waals surface area (Å²) >= 11 is 0. The summed E-state index contributed by atoms with van der Waals surface area (Å²) in [6.45, 7) is 2.89. The van der Waals surface area contributed by atoms with Crippen LogP contribution in [0.3, 0.4) is 0 Å². The lowest BCUT2D eigenvalue weighted by atomic mass is 9.83. The van der Waals surface area contributed by atoms with Gasteiger partial charge in [0.15, 0.2) is 5.78 Å². The molecule has 0 aliphatic heterocycles. The molecular weight excluding hydrogens is 390 g/mol. The van der Waals surface area contributed by atoms with Gasteiger partial charge in [0.2, 0.25) is 15.3 Å². The van der Waals surface area contributed by atoms with Crippen LogP contribution in [0.1, 0.15) is 15.9 Å². The number of ketones is 1. The molecule has 2 aromatic carbocycles. The topological polar surface area (TPSA) is 77.5 Å². The number of fused-ring (bicyclic) bond motifs is 1. The largest absolute Gasteiger partial charge is 0.461 e. The van der Waals surface area contributed by atoms with Crippen LogP contribution in [0.15, 0.2) is 72.1 Å². The van der Waals surface area contributed by atoms with E-state index in [2.05, 4.69) is 6.58 Å². The summed E-state index contributed by atoms with van der Waals surface area (Å²) in [5.41, 5.74) is -3.18. The predicted octanol–water partition coefficient (Wildman–Crippen LogP) is 3.21. The van der Waals surface area contributed by atoms with Crippen molar-refractivity contribution < 1.29 is 31.5 Å². The Morgan fingerprint density at radius 1 is 1.14 bits per heavy atom. The van der Waals surface area contributed by atoms with Crippen molar-refractivity contribution in [3.05, 3.63) is 78.4 Å². The fourth-order valence-corrected chi connectivity index (χ4v) is 4.76. The first-order valence-electron chi connectivity index (χ1n) is 8.28. The summed E-state index contributed by atoms with van der Waals surface area (Å²) in [6, 6.07) is 11.6. The zero-order valence-corrected chi connectivity index (χ0v) is 15.4. The third-order valence-corrected chi connectivity index (χ3v) is 6.59. The van der Waals surface area contributed by atoms with Crippen molar-refractivity contribution in [1.29, 1.82) is 0 Å². The van der Waals surface area contributed by atoms with Crippen LogP contribution >= 0.6 is 0 Å². The molecule has 0 fully saturated rings. The highest BCUT2D eigenvalue weighted by Gasteiger charge is 2.74. The van der Waals surface area contributed by atoms with Gasteiger partial charge in [0.05, 0.1) is 4.90 Å². The fourth-order valence-electron chi connectivity index (χ4n) is 3.25. The Kier molecular flexibility index (Phi) is 4.93. The Morgan fingerprint density at radius 3 is 2.36 bits per heavy atom. The van der Waals surface area contributed by atoms with Gasteiger partial charge in [-0.1, -0.05) is 55.1 Å². The number of hydrogen-bond donors (Lipinski definition) is 0. The lowest BCUT2D eigenvalue weighted by Gasteiger charge is -2.32. The molecule has 0 aromatic heterocycles. The highest BCUT2D eigenvalue weighted by Crippen LogP contribution is 2.52. The van der Waals surface area contributed by atoms with Crippen LogP contribution in [0.5, 0.6) is 0 Å². The monoisotopic (exact) mass is 406 g/mol. The third-order valence-electron chi connectivity index (χ3n) is 4.67. The number of carbonyl (C=O) groups is 2. The lowest BCUT2D eigenvalue weighted by Crippen LogP contribution is -2.56. The SMILES string of the molecule is C=CCOC(=O)C1(C(F)(F)S(=O)(=O)c2ccccc2)Cc2ccccc2C1=O. The number of benzene rings is 2. The normalized spacial score (nSPS) is 19.1. The van der Waals surface area contributed by atoms with Crippen molar-refractivity contribution in [2.24, 2.45) is 5.41 Å². The summed E-state index contributed by atoms with van der Waals surface area (Å²) in [7, 11) is -5.38. The van der Waals surface area contributed by atoms with Crippen molar-refractivity contribution in [2.75, 3.05) is 6.61 Å². The average Bonchev–Trinajstić information content (AvgIpc) is 3.01. The number of ether oxygens (including phenoxy) is 1. The molecular formula is C20H16F2O5S. The highest BCUT2D eigenvalue weighted by atomic mass is 32.2. The smallest absolute Gasteiger partial charge is 0.373 e. The Labute approximate surface area is 160 Å². The average molecular weight is 406 g/mol. The number of rotatable bonds is 6. The van der Waals surface area contributed by atoms with E-state index in [0.29, 0.717) is 0 Å². The summed E-state index contributed by atoms with van der Waals surface area (Å²) in [5, 5.41) is -4.74. The molecule has 0 radical (unpaired) electrons. The van der Waals surface area contributed by atoms with E-state index in [1.54, 1.807) is 0 Å². The molecule has 0 amide bonds. The minimum Gasteiger partial charge on any atom is -0.461 e. The van der Waals surface area contributed by atoms with Crippen LogP contribution in [0.25, 0.3) is 0 Å². The van der Waals surface area contributed by atoms with Crippen molar-refractivity contribution >= 4 is 21.6 Å². The van der Waals surface area contributed by atoms with Gasteiger partial charge in [0, 0.05) is 12.0 Å². The fraction of sp³-hybridized carbons (Fsp3) is 0.200. The van der Waals surface area contributed by atoms with E-state index in [4.69, 9.17) is 4.74 Å². The maximum absolute atomic E-state index is 15.6. The number of carbonyl (C=O) groups excluding carboxylic acids is 2. The van der Waals surface area contributed by atoms with Crippen molar-refractivity contribution in [3.63, 3.8) is 0 Å². The van der Waals surface area contributed by atoms with Crippen LogP contribution in [0.4, 0.5) is 8.78 Å². The van der Waals surface area contributed by atoms with E-state index in [9.17, 15) is 18.0 Å². The second-order valence-electron chi connectivity index (χ2n) is 6.29. The Balaban J connectivity index is 2.22. The van der Waals surface area contributed by atoms with Crippen LogP contribution in [0.2, 0.25) is 0 Å². The number of Topliss-reactive ketones (excluding diaryl/α,β-unsaturated/α-hetero) is 1. The zero-order valence-electron chi connectivity index (χ0n) is 14.6. The van der Waals surface area contributed by atoms with Gasteiger partial charge in [-0.3, -0.25) is 9.59 Å². The molecule has 0 saturated carbocycles. The third kappa shape index (κ3) is 2.67. The summed E-state index contributed by atoms with van der Waals surface area (Å²) in [5.74, 6) is -2.88. The lowest BCUT2D eigenvalue weighted by molar-refractivity contribution is -0.162. The molecule has 0 heterocycles.